The number of carbonyl (C=O) groups is 1. The molecular formula is C62H121NO7P+. The van der Waals surface area contributed by atoms with E-state index in [1.54, 1.807) is 0 Å². The first-order chi connectivity index (χ1) is 34.6. The van der Waals surface area contributed by atoms with Crippen LogP contribution in [0, 0.1) is 0 Å². The molecule has 0 saturated heterocycles. The molecule has 0 radical (unpaired) electrons. The number of hydrogen-bond donors (Lipinski definition) is 1. The maximum absolute atomic E-state index is 12.8. The van der Waals surface area contributed by atoms with Crippen LogP contribution in [-0.2, 0) is 27.9 Å². The molecular weight excluding hydrogens is 902 g/mol. The van der Waals surface area contributed by atoms with Crippen molar-refractivity contribution in [3.8, 4) is 0 Å². The number of rotatable bonds is 58. The lowest BCUT2D eigenvalue weighted by Gasteiger charge is -2.24. The van der Waals surface area contributed by atoms with Crippen molar-refractivity contribution in [1.82, 2.24) is 0 Å². The molecule has 0 aliphatic carbocycles. The van der Waals surface area contributed by atoms with Gasteiger partial charge in [0.15, 0.2) is 0 Å². The van der Waals surface area contributed by atoms with Crippen LogP contribution in [0.2, 0.25) is 0 Å². The van der Waals surface area contributed by atoms with Gasteiger partial charge >= 0.3 is 13.8 Å². The Bertz CT molecular complexity index is 1230. The Labute approximate surface area is 442 Å². The predicted molar refractivity (Wildman–Crippen MR) is 307 cm³/mol. The molecule has 0 aromatic rings. The molecule has 0 spiro atoms. The highest BCUT2D eigenvalue weighted by molar-refractivity contribution is 7.47. The summed E-state index contributed by atoms with van der Waals surface area (Å²) in [5, 5.41) is 0. The fraction of sp³-hybridized carbons (Fsp3) is 0.887. The van der Waals surface area contributed by atoms with Gasteiger partial charge in [-0.05, 0) is 51.4 Å². The van der Waals surface area contributed by atoms with Crippen LogP contribution in [0.5, 0.6) is 0 Å². The number of hydrogen-bond acceptors (Lipinski definition) is 6. The maximum atomic E-state index is 12.8. The molecule has 2 atom stereocenters. The minimum atomic E-state index is -4.29. The third kappa shape index (κ3) is 59.5. The van der Waals surface area contributed by atoms with E-state index in [-0.39, 0.29) is 25.8 Å². The van der Waals surface area contributed by atoms with Crippen molar-refractivity contribution >= 4 is 13.8 Å². The molecule has 1 N–H and O–H groups in total. The normalized spacial score (nSPS) is 13.6. The molecule has 0 saturated carbocycles. The van der Waals surface area contributed by atoms with E-state index in [2.05, 4.69) is 50.3 Å². The fourth-order valence-electron chi connectivity index (χ4n) is 8.98. The van der Waals surface area contributed by atoms with E-state index in [4.69, 9.17) is 18.5 Å². The summed E-state index contributed by atoms with van der Waals surface area (Å²) in [6, 6.07) is 0. The average Bonchev–Trinajstić information content (AvgIpc) is 3.33. The molecule has 0 bridgehead atoms. The van der Waals surface area contributed by atoms with Gasteiger partial charge in [-0.15, -0.1) is 0 Å². The highest BCUT2D eigenvalue weighted by atomic mass is 31.2. The number of nitrogens with zero attached hydrogens (tertiary/aromatic N) is 1. The van der Waals surface area contributed by atoms with Crippen LogP contribution in [0.15, 0.2) is 36.5 Å². The van der Waals surface area contributed by atoms with Crippen LogP contribution in [0.4, 0.5) is 0 Å². The van der Waals surface area contributed by atoms with E-state index in [0.29, 0.717) is 24.1 Å². The van der Waals surface area contributed by atoms with Crippen LogP contribution < -0.4 is 0 Å². The summed E-state index contributed by atoms with van der Waals surface area (Å²) in [4.78, 5) is 23.1. The second-order valence-corrected chi connectivity index (χ2v) is 23.5. The van der Waals surface area contributed by atoms with Gasteiger partial charge in [0.05, 0.1) is 34.4 Å². The van der Waals surface area contributed by atoms with Crippen LogP contribution in [-0.4, -0.2) is 75.6 Å². The summed E-state index contributed by atoms with van der Waals surface area (Å²) in [7, 11) is 1.68. The van der Waals surface area contributed by atoms with E-state index < -0.39 is 13.9 Å². The highest BCUT2D eigenvalue weighted by Gasteiger charge is 2.26. The number of esters is 1. The first-order valence-electron chi connectivity index (χ1n) is 30.7. The van der Waals surface area contributed by atoms with Crippen LogP contribution in [0.25, 0.3) is 0 Å². The maximum Gasteiger partial charge on any atom is 0.472 e. The van der Waals surface area contributed by atoms with E-state index >= 15 is 0 Å². The number of carbonyl (C=O) groups excluding carboxylic acids is 1. The van der Waals surface area contributed by atoms with Crippen molar-refractivity contribution < 1.29 is 37.3 Å². The van der Waals surface area contributed by atoms with Crippen molar-refractivity contribution in [3.63, 3.8) is 0 Å². The van der Waals surface area contributed by atoms with Gasteiger partial charge in [-0.25, -0.2) is 4.57 Å². The Hall–Kier alpha value is -1.28. The van der Waals surface area contributed by atoms with Gasteiger partial charge in [-0.3, -0.25) is 13.8 Å². The van der Waals surface area contributed by atoms with E-state index in [1.807, 2.05) is 21.1 Å². The highest BCUT2D eigenvalue weighted by Crippen LogP contribution is 2.43. The molecule has 0 amide bonds. The number of quaternary nitrogens is 1. The number of phosphoric ester groups is 1. The monoisotopic (exact) mass is 1020 g/mol. The summed E-state index contributed by atoms with van der Waals surface area (Å²) in [5.74, 6) is -0.307. The van der Waals surface area contributed by atoms with Gasteiger partial charge in [0.25, 0.3) is 0 Å². The Morgan fingerprint density at radius 2 is 0.775 bits per heavy atom. The summed E-state index contributed by atoms with van der Waals surface area (Å²) in [5.41, 5.74) is 0. The van der Waals surface area contributed by atoms with Gasteiger partial charge in [0.2, 0.25) is 0 Å². The van der Waals surface area contributed by atoms with E-state index in [0.717, 1.165) is 44.9 Å². The minimum absolute atomic E-state index is 0.0899. The third-order valence-electron chi connectivity index (χ3n) is 13.7. The first-order valence-corrected chi connectivity index (χ1v) is 32.2. The molecule has 0 aliphatic heterocycles. The first kappa shape index (κ1) is 69.7. The topological polar surface area (TPSA) is 91.3 Å². The third-order valence-corrected chi connectivity index (χ3v) is 14.7. The number of ether oxygens (including phenoxy) is 2. The van der Waals surface area contributed by atoms with Crippen molar-refractivity contribution in [2.24, 2.45) is 0 Å². The van der Waals surface area contributed by atoms with Crippen molar-refractivity contribution in [3.05, 3.63) is 36.5 Å². The Kier molecular flexibility index (Phi) is 54.0. The van der Waals surface area contributed by atoms with Crippen LogP contribution >= 0.6 is 7.82 Å². The fourth-order valence-corrected chi connectivity index (χ4v) is 9.72. The molecule has 0 aliphatic rings. The smallest absolute Gasteiger partial charge is 0.457 e. The molecule has 0 aromatic carbocycles. The lowest BCUT2D eigenvalue weighted by atomic mass is 10.0. The Balaban J connectivity index is 4.02. The lowest BCUT2D eigenvalue weighted by Crippen LogP contribution is -2.37. The van der Waals surface area contributed by atoms with Crippen molar-refractivity contribution in [2.45, 2.75) is 302 Å². The SMILES string of the molecule is CCCCCCC/C=C\C/C=C\C/C=C\CCCCCCCCCCCCCOCC(COP(=O)(O)OCC[N+](C)(C)C)OC(=O)CCCCCCCCCCCCCCCCCCCCCCCCC. The zero-order valence-electron chi connectivity index (χ0n) is 48.0. The molecule has 0 fully saturated rings. The van der Waals surface area contributed by atoms with Crippen molar-refractivity contribution in [1.29, 1.82) is 0 Å². The van der Waals surface area contributed by atoms with E-state index in [9.17, 15) is 14.3 Å². The number of likely N-dealkylation sites (N-methyl/N-ethyl adjacent to an activating group) is 1. The van der Waals surface area contributed by atoms with Crippen molar-refractivity contribution in [2.75, 3.05) is 54.1 Å². The number of allylic oxidation sites excluding steroid dienone is 6. The van der Waals surface area contributed by atoms with Crippen LogP contribution in [0.1, 0.15) is 296 Å². The molecule has 0 aromatic heterocycles. The zero-order chi connectivity index (χ0) is 51.9. The summed E-state index contributed by atoms with van der Waals surface area (Å²) < 4.78 is 35.3. The molecule has 8 nitrogen and oxygen atoms in total. The van der Waals surface area contributed by atoms with Gasteiger partial charge < -0.3 is 18.9 Å². The Morgan fingerprint density at radius 3 is 1.15 bits per heavy atom. The molecule has 0 rings (SSSR count). The second kappa shape index (κ2) is 55.0. The zero-order valence-corrected chi connectivity index (χ0v) is 48.9. The molecule has 9 heteroatoms. The summed E-state index contributed by atoms with van der Waals surface area (Å²) in [6.07, 6.45) is 69.3. The number of unbranched alkanes of at least 4 members (excludes halogenated alkanes) is 38. The van der Waals surface area contributed by atoms with Gasteiger partial charge in [-0.1, -0.05) is 275 Å². The molecule has 0 heterocycles. The minimum Gasteiger partial charge on any atom is -0.457 e. The van der Waals surface area contributed by atoms with Gasteiger partial charge in [-0.2, -0.15) is 0 Å². The summed E-state index contributed by atoms with van der Waals surface area (Å²) >= 11 is 0. The van der Waals surface area contributed by atoms with Gasteiger partial charge in [0.1, 0.15) is 19.3 Å². The predicted octanol–water partition coefficient (Wildman–Crippen LogP) is 19.6. The second-order valence-electron chi connectivity index (χ2n) is 22.1. The number of phosphoric acid groups is 1. The van der Waals surface area contributed by atoms with Crippen LogP contribution in [0.3, 0.4) is 0 Å². The lowest BCUT2D eigenvalue weighted by molar-refractivity contribution is -0.870. The molecule has 71 heavy (non-hydrogen) atoms. The largest absolute Gasteiger partial charge is 0.472 e. The van der Waals surface area contributed by atoms with Gasteiger partial charge in [0, 0.05) is 13.0 Å². The average molecular weight is 1020 g/mol. The standard InChI is InChI=1S/C62H120NO7P/c1-6-8-10-12-14-16-18-20-22-24-26-28-30-31-32-34-36-38-40-42-44-46-48-50-52-54-57-67-59-61(60-69-71(65,66)68-58-56-63(3,4)5)70-62(64)55-53-51-49-47-45-43-41-39-37-35-33-29-27-25-23-21-19-17-15-13-11-9-7-2/h18,20,24,26,30-31,61H,6-17,19,21-23,25,27-29,32-60H2,1-5H3/p+1/b20-18-,26-24-,31-30-. The summed E-state index contributed by atoms with van der Waals surface area (Å²) in [6.45, 7) is 5.67. The Morgan fingerprint density at radius 1 is 0.437 bits per heavy atom. The quantitative estimate of drug-likeness (QED) is 0.0213. The molecule has 420 valence electrons. The molecule has 2 unspecified atom stereocenters. The van der Waals surface area contributed by atoms with E-state index in [1.165, 1.54) is 231 Å².